The third kappa shape index (κ3) is 7.44. The molecular formula is C28H37N3O4. The second kappa shape index (κ2) is 11.7. The third-order valence-corrected chi connectivity index (χ3v) is 5.62. The van der Waals surface area contributed by atoms with E-state index >= 15 is 0 Å². The van der Waals surface area contributed by atoms with Crippen molar-refractivity contribution in [1.82, 2.24) is 10.2 Å². The summed E-state index contributed by atoms with van der Waals surface area (Å²) in [4.78, 5) is 41.1. The largest absolute Gasteiger partial charge is 0.444 e. The van der Waals surface area contributed by atoms with E-state index in [1.807, 2.05) is 63.2 Å². The molecule has 0 fully saturated rings. The predicted molar refractivity (Wildman–Crippen MR) is 139 cm³/mol. The Morgan fingerprint density at radius 1 is 1.03 bits per heavy atom. The molecule has 3 amide bonds. The molecule has 2 unspecified atom stereocenters. The molecule has 2 atom stereocenters. The first-order valence-electron chi connectivity index (χ1n) is 11.7. The SMILES string of the molecule is C=CCN(C(=O)C(C)NC(=O)OC(C)(C)C)C(C(=O)Nc1ccccc1C)c1cccc(C)c1C. The number of hydrogen-bond donors (Lipinski definition) is 2. The van der Waals surface area contributed by atoms with Crippen LogP contribution in [0.15, 0.2) is 55.1 Å². The number of rotatable bonds is 8. The molecule has 2 N–H and O–H groups in total. The molecule has 0 aliphatic heterocycles. The smallest absolute Gasteiger partial charge is 0.408 e. The monoisotopic (exact) mass is 479 g/mol. The highest BCUT2D eigenvalue weighted by molar-refractivity contribution is 5.99. The van der Waals surface area contributed by atoms with Gasteiger partial charge in [0.05, 0.1) is 0 Å². The van der Waals surface area contributed by atoms with Crippen molar-refractivity contribution in [2.24, 2.45) is 0 Å². The van der Waals surface area contributed by atoms with Gasteiger partial charge in [0, 0.05) is 12.2 Å². The fourth-order valence-corrected chi connectivity index (χ4v) is 3.69. The van der Waals surface area contributed by atoms with Crippen molar-refractivity contribution in [3.05, 3.63) is 77.4 Å². The van der Waals surface area contributed by atoms with Gasteiger partial charge in [-0.25, -0.2) is 4.79 Å². The maximum Gasteiger partial charge on any atom is 0.408 e. The summed E-state index contributed by atoms with van der Waals surface area (Å²) in [6, 6.07) is 11.3. The number of anilines is 1. The summed E-state index contributed by atoms with van der Waals surface area (Å²) < 4.78 is 5.30. The molecule has 0 aliphatic rings. The molecule has 35 heavy (non-hydrogen) atoms. The van der Waals surface area contributed by atoms with E-state index < -0.39 is 29.7 Å². The zero-order chi connectivity index (χ0) is 26.3. The van der Waals surface area contributed by atoms with Gasteiger partial charge in [0.25, 0.3) is 5.91 Å². The van der Waals surface area contributed by atoms with E-state index in [4.69, 9.17) is 4.74 Å². The van der Waals surface area contributed by atoms with Gasteiger partial charge < -0.3 is 20.3 Å². The highest BCUT2D eigenvalue weighted by Gasteiger charge is 2.35. The summed E-state index contributed by atoms with van der Waals surface area (Å²) in [5.41, 5.74) is 3.48. The Morgan fingerprint density at radius 2 is 1.66 bits per heavy atom. The molecule has 2 aromatic carbocycles. The summed E-state index contributed by atoms with van der Waals surface area (Å²) in [6.45, 7) is 16.5. The molecule has 0 bridgehead atoms. The van der Waals surface area contributed by atoms with Crippen molar-refractivity contribution in [1.29, 1.82) is 0 Å². The first kappa shape index (κ1) is 27.6. The van der Waals surface area contributed by atoms with Gasteiger partial charge in [-0.15, -0.1) is 6.58 Å². The van der Waals surface area contributed by atoms with Crippen molar-refractivity contribution in [3.8, 4) is 0 Å². The van der Waals surface area contributed by atoms with E-state index in [1.165, 1.54) is 4.90 Å². The first-order valence-corrected chi connectivity index (χ1v) is 11.7. The topological polar surface area (TPSA) is 87.7 Å². The standard InChI is InChI=1S/C28H37N3O4/c1-9-17-31(26(33)21(5)29-27(34)35-28(6,7)8)24(22-15-12-14-18(2)20(22)4)25(32)30-23-16-11-10-13-19(23)3/h9-16,21,24H,1,17H2,2-8H3,(H,29,34)(H,30,32). The molecular weight excluding hydrogens is 442 g/mol. The summed E-state index contributed by atoms with van der Waals surface area (Å²) in [5, 5.41) is 5.57. The van der Waals surface area contributed by atoms with Crippen molar-refractivity contribution in [2.75, 3.05) is 11.9 Å². The van der Waals surface area contributed by atoms with E-state index in [0.717, 1.165) is 16.7 Å². The Morgan fingerprint density at radius 3 is 2.26 bits per heavy atom. The molecule has 0 saturated heterocycles. The highest BCUT2D eigenvalue weighted by Crippen LogP contribution is 2.29. The Labute approximate surface area is 208 Å². The van der Waals surface area contributed by atoms with Crippen LogP contribution in [-0.2, 0) is 14.3 Å². The van der Waals surface area contributed by atoms with Gasteiger partial charge in [0.2, 0.25) is 5.91 Å². The lowest BCUT2D eigenvalue weighted by Gasteiger charge is -2.34. The highest BCUT2D eigenvalue weighted by atomic mass is 16.6. The molecule has 0 aliphatic carbocycles. The number of benzene rings is 2. The molecule has 0 spiro atoms. The molecule has 2 rings (SSSR count). The van der Waals surface area contributed by atoms with E-state index in [9.17, 15) is 14.4 Å². The second-order valence-corrected chi connectivity index (χ2v) is 9.64. The molecule has 0 saturated carbocycles. The molecule has 2 aromatic rings. The first-order chi connectivity index (χ1) is 16.4. The van der Waals surface area contributed by atoms with Crippen LogP contribution in [-0.4, -0.2) is 41.0 Å². The Balaban J connectivity index is 2.47. The third-order valence-electron chi connectivity index (χ3n) is 5.62. The lowest BCUT2D eigenvalue weighted by atomic mass is 9.95. The van der Waals surface area contributed by atoms with Gasteiger partial charge in [-0.05, 0) is 76.8 Å². The minimum atomic E-state index is -0.942. The maximum atomic E-state index is 13.7. The van der Waals surface area contributed by atoms with E-state index in [1.54, 1.807) is 33.8 Å². The van der Waals surface area contributed by atoms with Gasteiger partial charge in [-0.2, -0.15) is 0 Å². The van der Waals surface area contributed by atoms with Crippen LogP contribution in [0.4, 0.5) is 10.5 Å². The van der Waals surface area contributed by atoms with Crippen LogP contribution < -0.4 is 10.6 Å². The van der Waals surface area contributed by atoms with Crippen molar-refractivity contribution in [3.63, 3.8) is 0 Å². The van der Waals surface area contributed by atoms with Gasteiger partial charge in [-0.3, -0.25) is 9.59 Å². The van der Waals surface area contributed by atoms with Gasteiger partial charge in [-0.1, -0.05) is 42.5 Å². The van der Waals surface area contributed by atoms with Gasteiger partial charge in [0.1, 0.15) is 17.7 Å². The lowest BCUT2D eigenvalue weighted by Crippen LogP contribution is -2.51. The van der Waals surface area contributed by atoms with Crippen LogP contribution in [0.5, 0.6) is 0 Å². The lowest BCUT2D eigenvalue weighted by molar-refractivity contribution is -0.139. The minimum absolute atomic E-state index is 0.110. The van der Waals surface area contributed by atoms with Crippen LogP contribution >= 0.6 is 0 Å². The number of nitrogens with zero attached hydrogens (tertiary/aromatic N) is 1. The van der Waals surface area contributed by atoms with Crippen molar-refractivity contribution in [2.45, 2.75) is 66.2 Å². The van der Waals surface area contributed by atoms with Crippen molar-refractivity contribution >= 4 is 23.6 Å². The molecule has 188 valence electrons. The molecule has 7 nitrogen and oxygen atoms in total. The average Bonchev–Trinajstić information content (AvgIpc) is 2.76. The Kier molecular flexibility index (Phi) is 9.23. The number of aryl methyl sites for hydroxylation is 2. The number of carbonyl (C=O) groups is 3. The zero-order valence-corrected chi connectivity index (χ0v) is 21.8. The van der Waals surface area contributed by atoms with Crippen LogP contribution in [0.2, 0.25) is 0 Å². The molecule has 7 heteroatoms. The summed E-state index contributed by atoms with van der Waals surface area (Å²) in [7, 11) is 0. The number of alkyl carbamates (subject to hydrolysis) is 1. The quantitative estimate of drug-likeness (QED) is 0.508. The Bertz CT molecular complexity index is 1090. The number of ether oxygens (including phenoxy) is 1. The maximum absolute atomic E-state index is 13.7. The van der Waals surface area contributed by atoms with E-state index in [-0.39, 0.29) is 12.5 Å². The van der Waals surface area contributed by atoms with Crippen LogP contribution in [0.1, 0.15) is 56.0 Å². The summed E-state index contributed by atoms with van der Waals surface area (Å²) >= 11 is 0. The fourth-order valence-electron chi connectivity index (χ4n) is 3.69. The van der Waals surface area contributed by atoms with Crippen LogP contribution in [0.3, 0.4) is 0 Å². The number of carbonyl (C=O) groups excluding carboxylic acids is 3. The van der Waals surface area contributed by atoms with E-state index in [2.05, 4.69) is 17.2 Å². The molecule has 0 heterocycles. The van der Waals surface area contributed by atoms with E-state index in [0.29, 0.717) is 11.3 Å². The summed E-state index contributed by atoms with van der Waals surface area (Å²) in [6.07, 6.45) is 0.863. The molecule has 0 radical (unpaired) electrons. The number of amides is 3. The van der Waals surface area contributed by atoms with Crippen molar-refractivity contribution < 1.29 is 19.1 Å². The van der Waals surface area contributed by atoms with Crippen LogP contribution in [0, 0.1) is 20.8 Å². The molecule has 0 aromatic heterocycles. The minimum Gasteiger partial charge on any atom is -0.444 e. The van der Waals surface area contributed by atoms with Gasteiger partial charge in [0.15, 0.2) is 0 Å². The Hall–Kier alpha value is -3.61. The summed E-state index contributed by atoms with van der Waals surface area (Å²) in [5.74, 6) is -0.783. The van der Waals surface area contributed by atoms with Crippen LogP contribution in [0.25, 0.3) is 0 Å². The fraction of sp³-hybridized carbons (Fsp3) is 0.393. The predicted octanol–water partition coefficient (Wildman–Crippen LogP) is 5.22. The number of nitrogens with one attached hydrogen (secondary N) is 2. The average molecular weight is 480 g/mol. The number of hydrogen-bond acceptors (Lipinski definition) is 4. The van der Waals surface area contributed by atoms with Gasteiger partial charge >= 0.3 is 6.09 Å². The zero-order valence-electron chi connectivity index (χ0n) is 21.8. The second-order valence-electron chi connectivity index (χ2n) is 9.64. The normalized spacial score (nSPS) is 12.8. The number of para-hydroxylation sites is 1.